The van der Waals surface area contributed by atoms with Crippen LogP contribution in [0.1, 0.15) is 22.3 Å². The van der Waals surface area contributed by atoms with E-state index in [1.165, 1.54) is 23.9 Å². The van der Waals surface area contributed by atoms with Gasteiger partial charge in [0.05, 0.1) is 0 Å². The minimum Gasteiger partial charge on any atom is -0.273 e. The van der Waals surface area contributed by atoms with Crippen LogP contribution in [0.15, 0.2) is 53.4 Å². The number of amides is 2. The molecule has 0 heterocycles. The molecule has 0 aliphatic rings. The van der Waals surface area contributed by atoms with Crippen LogP contribution in [0, 0.1) is 12.7 Å². The molecule has 0 atom stereocenters. The first-order chi connectivity index (χ1) is 11.0. The molecule has 4 nitrogen and oxygen atoms in total. The van der Waals surface area contributed by atoms with E-state index < -0.39 is 0 Å². The number of benzene rings is 2. The number of nitrogens with one attached hydrogen (secondary N) is 2. The van der Waals surface area contributed by atoms with E-state index >= 15 is 0 Å². The van der Waals surface area contributed by atoms with E-state index in [1.807, 2.05) is 13.0 Å². The minimum atomic E-state index is -0.353. The predicted molar refractivity (Wildman–Crippen MR) is 88.5 cm³/mol. The number of hydrogen-bond donors (Lipinski definition) is 2. The molecule has 0 aromatic heterocycles. The average Bonchev–Trinajstić information content (AvgIpc) is 2.54. The summed E-state index contributed by atoms with van der Waals surface area (Å²) in [4.78, 5) is 24.4. The summed E-state index contributed by atoms with van der Waals surface area (Å²) in [6, 6.07) is 13.2. The Bertz CT molecular complexity index is 689. The molecule has 0 spiro atoms. The molecule has 0 aliphatic heterocycles. The van der Waals surface area contributed by atoms with E-state index in [9.17, 15) is 14.0 Å². The summed E-state index contributed by atoms with van der Waals surface area (Å²) in [6.45, 7) is 1.89. The third-order valence-electron chi connectivity index (χ3n) is 3.01. The highest BCUT2D eigenvalue weighted by atomic mass is 32.2. The molecule has 6 heteroatoms. The van der Waals surface area contributed by atoms with Gasteiger partial charge in [-0.25, -0.2) is 4.39 Å². The van der Waals surface area contributed by atoms with E-state index in [-0.39, 0.29) is 24.1 Å². The van der Waals surface area contributed by atoms with Crippen molar-refractivity contribution in [2.75, 3.05) is 5.75 Å². The number of hydrogen-bond acceptors (Lipinski definition) is 3. The number of rotatable bonds is 5. The van der Waals surface area contributed by atoms with Crippen molar-refractivity contribution >= 4 is 23.6 Å². The Morgan fingerprint density at radius 3 is 2.52 bits per heavy atom. The van der Waals surface area contributed by atoms with Gasteiger partial charge in [-0.15, -0.1) is 11.8 Å². The van der Waals surface area contributed by atoms with Crippen LogP contribution in [0.4, 0.5) is 4.39 Å². The maximum atomic E-state index is 12.8. The second-order valence-electron chi connectivity index (χ2n) is 4.92. The number of hydrazine groups is 1. The molecule has 0 unspecified atom stereocenters. The predicted octanol–water partition coefficient (Wildman–Crippen LogP) is 3.08. The van der Waals surface area contributed by atoms with Gasteiger partial charge in [0.1, 0.15) is 5.82 Å². The number of aryl methyl sites for hydroxylation is 1. The molecular weight excluding hydrogens is 315 g/mol. The minimum absolute atomic E-state index is 0.246. The van der Waals surface area contributed by atoms with Gasteiger partial charge < -0.3 is 0 Å². The molecule has 2 rings (SSSR count). The first-order valence-corrected chi connectivity index (χ1v) is 8.07. The van der Waals surface area contributed by atoms with Crippen molar-refractivity contribution in [3.63, 3.8) is 0 Å². The van der Waals surface area contributed by atoms with Crippen LogP contribution >= 0.6 is 11.8 Å². The Labute approximate surface area is 138 Å². The molecule has 2 aromatic rings. The lowest BCUT2D eigenvalue weighted by molar-refractivity contribution is -0.121. The fourth-order valence-corrected chi connectivity index (χ4v) is 2.69. The van der Waals surface area contributed by atoms with Crippen LogP contribution in [0.2, 0.25) is 0 Å². The summed E-state index contributed by atoms with van der Waals surface area (Å²) in [6.07, 6.45) is 0.246. The summed E-state index contributed by atoms with van der Waals surface area (Å²) in [7, 11) is 0. The zero-order valence-electron chi connectivity index (χ0n) is 12.6. The lowest BCUT2D eigenvalue weighted by Gasteiger charge is -2.08. The number of halogens is 1. The SMILES string of the molecule is Cc1cccc(C(=O)NNC(=O)CCSc2ccc(F)cc2)c1. The van der Waals surface area contributed by atoms with Crippen LogP contribution in [-0.2, 0) is 4.79 Å². The molecule has 0 radical (unpaired) electrons. The van der Waals surface area contributed by atoms with E-state index in [1.54, 1.807) is 30.3 Å². The van der Waals surface area contributed by atoms with Gasteiger partial charge >= 0.3 is 0 Å². The molecule has 2 N–H and O–H groups in total. The van der Waals surface area contributed by atoms with Crippen molar-refractivity contribution < 1.29 is 14.0 Å². The molecule has 0 fully saturated rings. The highest BCUT2D eigenvalue weighted by Gasteiger charge is 2.07. The summed E-state index contributed by atoms with van der Waals surface area (Å²) >= 11 is 1.45. The maximum Gasteiger partial charge on any atom is 0.269 e. The number of thioether (sulfide) groups is 1. The second-order valence-corrected chi connectivity index (χ2v) is 6.09. The summed E-state index contributed by atoms with van der Waals surface area (Å²) in [5.74, 6) is -0.377. The van der Waals surface area contributed by atoms with Crippen LogP contribution in [0.25, 0.3) is 0 Å². The zero-order chi connectivity index (χ0) is 16.7. The van der Waals surface area contributed by atoms with Crippen molar-refractivity contribution in [2.24, 2.45) is 0 Å². The third kappa shape index (κ3) is 5.75. The normalized spacial score (nSPS) is 10.2. The second kappa shape index (κ2) is 8.33. The van der Waals surface area contributed by atoms with Crippen LogP contribution < -0.4 is 10.9 Å². The molecule has 120 valence electrons. The summed E-state index contributed by atoms with van der Waals surface area (Å²) < 4.78 is 12.8. The fraction of sp³-hybridized carbons (Fsp3) is 0.176. The smallest absolute Gasteiger partial charge is 0.269 e. The van der Waals surface area contributed by atoms with Gasteiger partial charge in [-0.3, -0.25) is 20.4 Å². The van der Waals surface area contributed by atoms with Crippen molar-refractivity contribution in [3.05, 3.63) is 65.5 Å². The Balaban J connectivity index is 1.70. The van der Waals surface area contributed by atoms with Crippen molar-refractivity contribution in [1.29, 1.82) is 0 Å². The Kier molecular flexibility index (Phi) is 6.17. The molecular formula is C17H17FN2O2S. The average molecular weight is 332 g/mol. The topological polar surface area (TPSA) is 58.2 Å². The highest BCUT2D eigenvalue weighted by molar-refractivity contribution is 7.99. The van der Waals surface area contributed by atoms with Crippen LogP contribution in [0.5, 0.6) is 0 Å². The van der Waals surface area contributed by atoms with Gasteiger partial charge in [-0.2, -0.15) is 0 Å². The first kappa shape index (κ1) is 17.0. The first-order valence-electron chi connectivity index (χ1n) is 7.09. The molecule has 0 bridgehead atoms. The third-order valence-corrected chi connectivity index (χ3v) is 4.02. The molecule has 2 aromatic carbocycles. The van der Waals surface area contributed by atoms with Gasteiger partial charge in [0.15, 0.2) is 0 Å². The van der Waals surface area contributed by atoms with E-state index in [2.05, 4.69) is 10.9 Å². The number of carbonyl (C=O) groups excluding carboxylic acids is 2. The lowest BCUT2D eigenvalue weighted by atomic mass is 10.1. The van der Waals surface area contributed by atoms with Gasteiger partial charge in [0, 0.05) is 22.6 Å². The Morgan fingerprint density at radius 1 is 1.09 bits per heavy atom. The van der Waals surface area contributed by atoms with Crippen LogP contribution in [-0.4, -0.2) is 17.6 Å². The largest absolute Gasteiger partial charge is 0.273 e. The van der Waals surface area contributed by atoms with Crippen LogP contribution in [0.3, 0.4) is 0 Å². The lowest BCUT2D eigenvalue weighted by Crippen LogP contribution is -2.41. The molecule has 0 saturated carbocycles. The quantitative estimate of drug-likeness (QED) is 0.653. The van der Waals surface area contributed by atoms with Crippen molar-refractivity contribution in [2.45, 2.75) is 18.2 Å². The van der Waals surface area contributed by atoms with Gasteiger partial charge in [-0.05, 0) is 43.3 Å². The fourth-order valence-electron chi connectivity index (χ4n) is 1.84. The highest BCUT2D eigenvalue weighted by Crippen LogP contribution is 2.18. The standard InChI is InChI=1S/C17H17FN2O2S/c1-12-3-2-4-13(11-12)17(22)20-19-16(21)9-10-23-15-7-5-14(18)6-8-15/h2-8,11H,9-10H2,1H3,(H,19,21)(H,20,22). The van der Waals surface area contributed by atoms with Gasteiger partial charge in [0.2, 0.25) is 5.91 Å². The van der Waals surface area contributed by atoms with Gasteiger partial charge in [0.25, 0.3) is 5.91 Å². The molecule has 2 amide bonds. The molecule has 0 aliphatic carbocycles. The molecule has 0 saturated heterocycles. The van der Waals surface area contributed by atoms with Crippen molar-refractivity contribution in [1.82, 2.24) is 10.9 Å². The van der Waals surface area contributed by atoms with Crippen molar-refractivity contribution in [3.8, 4) is 0 Å². The summed E-state index contributed by atoms with van der Waals surface area (Å²) in [5.41, 5.74) is 6.23. The monoisotopic (exact) mass is 332 g/mol. The van der Waals surface area contributed by atoms with E-state index in [0.717, 1.165) is 10.5 Å². The van der Waals surface area contributed by atoms with E-state index in [0.29, 0.717) is 11.3 Å². The van der Waals surface area contributed by atoms with Gasteiger partial charge in [-0.1, -0.05) is 17.7 Å². The van der Waals surface area contributed by atoms with E-state index in [4.69, 9.17) is 0 Å². The summed E-state index contributed by atoms with van der Waals surface area (Å²) in [5, 5.41) is 0. The zero-order valence-corrected chi connectivity index (χ0v) is 13.5. The molecule has 23 heavy (non-hydrogen) atoms. The Hall–Kier alpha value is -2.34. The Morgan fingerprint density at radius 2 is 1.83 bits per heavy atom. The maximum absolute atomic E-state index is 12.8. The number of carbonyl (C=O) groups is 2.